The smallest absolute Gasteiger partial charge is 0.337 e. The van der Waals surface area contributed by atoms with Crippen LogP contribution in [0.4, 0.5) is 5.69 Å². The summed E-state index contributed by atoms with van der Waals surface area (Å²) in [5.74, 6) is -0.498. The van der Waals surface area contributed by atoms with E-state index in [1.54, 1.807) is 24.3 Å². The maximum Gasteiger partial charge on any atom is 0.337 e. The zero-order chi connectivity index (χ0) is 17.7. The summed E-state index contributed by atoms with van der Waals surface area (Å²) in [6.07, 6.45) is 0. The van der Waals surface area contributed by atoms with E-state index in [-0.39, 0.29) is 11.9 Å². The summed E-state index contributed by atoms with van der Waals surface area (Å²) in [5, 5.41) is 2.89. The second-order valence-corrected chi connectivity index (χ2v) is 5.77. The van der Waals surface area contributed by atoms with Crippen molar-refractivity contribution in [2.75, 3.05) is 26.1 Å². The standard InChI is InChI=1S/C19H22N2O3/c1-13-11-16(9-10-17(13)21(2)3)18(22)20-12-14-5-7-15(8-6-14)19(23)24-4/h5-11H,12H2,1-4H3,(H,20,22). The summed E-state index contributed by atoms with van der Waals surface area (Å²) in [5.41, 5.74) is 4.17. The predicted molar refractivity (Wildman–Crippen MR) is 94.5 cm³/mol. The van der Waals surface area contributed by atoms with E-state index in [1.807, 2.05) is 44.1 Å². The van der Waals surface area contributed by atoms with Crippen LogP contribution in [0, 0.1) is 6.92 Å². The van der Waals surface area contributed by atoms with Crippen LogP contribution in [-0.2, 0) is 11.3 Å². The van der Waals surface area contributed by atoms with Gasteiger partial charge in [0.1, 0.15) is 0 Å². The molecule has 0 aliphatic heterocycles. The first-order chi connectivity index (χ1) is 11.4. The number of hydrogen-bond acceptors (Lipinski definition) is 4. The molecule has 0 atom stereocenters. The molecule has 0 heterocycles. The molecule has 0 aromatic heterocycles. The third-order valence-corrected chi connectivity index (χ3v) is 3.77. The average Bonchev–Trinajstić information content (AvgIpc) is 2.59. The van der Waals surface area contributed by atoms with Crippen LogP contribution in [0.15, 0.2) is 42.5 Å². The zero-order valence-corrected chi connectivity index (χ0v) is 14.4. The molecule has 0 saturated carbocycles. The molecule has 2 aromatic rings. The molecule has 0 unspecified atom stereocenters. The van der Waals surface area contributed by atoms with E-state index >= 15 is 0 Å². The van der Waals surface area contributed by atoms with E-state index in [1.165, 1.54) is 7.11 Å². The van der Waals surface area contributed by atoms with Crippen LogP contribution in [0.3, 0.4) is 0 Å². The van der Waals surface area contributed by atoms with Crippen molar-refractivity contribution in [2.45, 2.75) is 13.5 Å². The molecule has 0 aliphatic carbocycles. The molecule has 0 bridgehead atoms. The van der Waals surface area contributed by atoms with Crippen LogP contribution in [0.25, 0.3) is 0 Å². The number of esters is 1. The van der Waals surface area contributed by atoms with E-state index in [4.69, 9.17) is 0 Å². The van der Waals surface area contributed by atoms with Gasteiger partial charge in [-0.15, -0.1) is 0 Å². The van der Waals surface area contributed by atoms with Gasteiger partial charge in [-0.05, 0) is 48.4 Å². The van der Waals surface area contributed by atoms with Gasteiger partial charge in [-0.3, -0.25) is 4.79 Å². The quantitative estimate of drug-likeness (QED) is 0.859. The van der Waals surface area contributed by atoms with Crippen molar-refractivity contribution in [1.29, 1.82) is 0 Å². The van der Waals surface area contributed by atoms with Crippen LogP contribution in [0.5, 0.6) is 0 Å². The number of amides is 1. The number of carbonyl (C=O) groups is 2. The Morgan fingerprint density at radius 2 is 1.67 bits per heavy atom. The van der Waals surface area contributed by atoms with E-state index in [2.05, 4.69) is 10.1 Å². The van der Waals surface area contributed by atoms with Gasteiger partial charge >= 0.3 is 5.97 Å². The number of nitrogens with one attached hydrogen (secondary N) is 1. The van der Waals surface area contributed by atoms with Crippen molar-refractivity contribution >= 4 is 17.6 Å². The molecule has 5 heteroatoms. The molecule has 5 nitrogen and oxygen atoms in total. The lowest BCUT2D eigenvalue weighted by atomic mass is 10.1. The maximum atomic E-state index is 12.3. The lowest BCUT2D eigenvalue weighted by Gasteiger charge is -2.16. The number of nitrogens with zero attached hydrogens (tertiary/aromatic N) is 1. The minimum atomic E-state index is -0.373. The highest BCUT2D eigenvalue weighted by Crippen LogP contribution is 2.19. The van der Waals surface area contributed by atoms with E-state index in [0.29, 0.717) is 17.7 Å². The van der Waals surface area contributed by atoms with Crippen molar-refractivity contribution in [1.82, 2.24) is 5.32 Å². The van der Waals surface area contributed by atoms with Crippen molar-refractivity contribution in [3.63, 3.8) is 0 Å². The normalized spacial score (nSPS) is 10.2. The summed E-state index contributed by atoms with van der Waals surface area (Å²) in [6, 6.07) is 12.6. The lowest BCUT2D eigenvalue weighted by Crippen LogP contribution is -2.23. The highest BCUT2D eigenvalue weighted by molar-refractivity contribution is 5.95. The monoisotopic (exact) mass is 326 g/mol. The molecule has 126 valence electrons. The number of benzene rings is 2. The van der Waals surface area contributed by atoms with E-state index in [9.17, 15) is 9.59 Å². The SMILES string of the molecule is COC(=O)c1ccc(CNC(=O)c2ccc(N(C)C)c(C)c2)cc1. The van der Waals surface area contributed by atoms with Gasteiger partial charge in [-0.2, -0.15) is 0 Å². The first-order valence-corrected chi connectivity index (χ1v) is 7.66. The van der Waals surface area contributed by atoms with E-state index in [0.717, 1.165) is 16.8 Å². The topological polar surface area (TPSA) is 58.6 Å². The highest BCUT2D eigenvalue weighted by atomic mass is 16.5. The third-order valence-electron chi connectivity index (χ3n) is 3.77. The van der Waals surface area contributed by atoms with Crippen molar-refractivity contribution < 1.29 is 14.3 Å². The Morgan fingerprint density at radius 1 is 1.04 bits per heavy atom. The fourth-order valence-electron chi connectivity index (χ4n) is 2.46. The van der Waals surface area contributed by atoms with Crippen LogP contribution in [0.2, 0.25) is 0 Å². The van der Waals surface area contributed by atoms with Crippen LogP contribution in [-0.4, -0.2) is 33.1 Å². The summed E-state index contributed by atoms with van der Waals surface area (Å²) >= 11 is 0. The Balaban J connectivity index is 2.00. The number of ether oxygens (including phenoxy) is 1. The average molecular weight is 326 g/mol. The number of methoxy groups -OCH3 is 1. The van der Waals surface area contributed by atoms with Gasteiger partial charge in [0, 0.05) is 31.9 Å². The number of carbonyl (C=O) groups excluding carboxylic acids is 2. The van der Waals surface area contributed by atoms with Crippen LogP contribution in [0.1, 0.15) is 31.8 Å². The predicted octanol–water partition coefficient (Wildman–Crippen LogP) is 2.78. The number of anilines is 1. The Kier molecular flexibility index (Phi) is 5.58. The molecule has 2 rings (SSSR count). The maximum absolute atomic E-state index is 12.3. The number of aryl methyl sites for hydroxylation is 1. The van der Waals surface area contributed by atoms with Gasteiger partial charge < -0.3 is 15.0 Å². The van der Waals surface area contributed by atoms with Gasteiger partial charge in [-0.25, -0.2) is 4.79 Å². The molecule has 0 saturated heterocycles. The fourth-order valence-corrected chi connectivity index (χ4v) is 2.46. The van der Waals surface area contributed by atoms with Crippen molar-refractivity contribution in [3.8, 4) is 0 Å². The second-order valence-electron chi connectivity index (χ2n) is 5.77. The molecule has 24 heavy (non-hydrogen) atoms. The summed E-state index contributed by atoms with van der Waals surface area (Å²) in [6.45, 7) is 2.38. The van der Waals surface area contributed by atoms with Crippen LogP contribution < -0.4 is 10.2 Å². The van der Waals surface area contributed by atoms with Gasteiger partial charge in [0.2, 0.25) is 0 Å². The largest absolute Gasteiger partial charge is 0.465 e. The van der Waals surface area contributed by atoms with Gasteiger partial charge in [0.05, 0.1) is 12.7 Å². The molecule has 1 amide bonds. The Labute approximate surface area is 142 Å². The molecule has 0 aliphatic rings. The highest BCUT2D eigenvalue weighted by Gasteiger charge is 2.09. The summed E-state index contributed by atoms with van der Waals surface area (Å²) in [7, 11) is 5.29. The molecular weight excluding hydrogens is 304 g/mol. The minimum absolute atomic E-state index is 0.125. The van der Waals surface area contributed by atoms with E-state index < -0.39 is 0 Å². The number of rotatable bonds is 5. The Bertz CT molecular complexity index is 737. The number of hydrogen-bond donors (Lipinski definition) is 1. The van der Waals surface area contributed by atoms with Crippen molar-refractivity contribution in [2.24, 2.45) is 0 Å². The molecule has 0 fully saturated rings. The molecule has 0 radical (unpaired) electrons. The first-order valence-electron chi connectivity index (χ1n) is 7.66. The van der Waals surface area contributed by atoms with Crippen molar-refractivity contribution in [3.05, 3.63) is 64.7 Å². The lowest BCUT2D eigenvalue weighted by molar-refractivity contribution is 0.0600. The summed E-state index contributed by atoms with van der Waals surface area (Å²) < 4.78 is 4.66. The van der Waals surface area contributed by atoms with Gasteiger partial charge in [0.15, 0.2) is 0 Å². The zero-order valence-electron chi connectivity index (χ0n) is 14.4. The third kappa shape index (κ3) is 4.13. The minimum Gasteiger partial charge on any atom is -0.465 e. The molecular formula is C19H22N2O3. The molecule has 0 spiro atoms. The first kappa shape index (κ1) is 17.5. The summed E-state index contributed by atoms with van der Waals surface area (Å²) in [4.78, 5) is 25.7. The Morgan fingerprint density at radius 3 is 2.21 bits per heavy atom. The fraction of sp³-hybridized carbons (Fsp3) is 0.263. The Hall–Kier alpha value is -2.82. The second kappa shape index (κ2) is 7.64. The van der Waals surface area contributed by atoms with Gasteiger partial charge in [0.25, 0.3) is 5.91 Å². The molecule has 1 N–H and O–H groups in total. The van der Waals surface area contributed by atoms with Gasteiger partial charge in [-0.1, -0.05) is 12.1 Å². The molecule has 2 aromatic carbocycles. The van der Waals surface area contributed by atoms with Crippen LogP contribution >= 0.6 is 0 Å².